The third kappa shape index (κ3) is 6.96. The minimum atomic E-state index is -0.645. The molecule has 1 heterocycles. The number of aldehydes is 2. The van der Waals surface area contributed by atoms with E-state index in [1.54, 1.807) is 30.1 Å². The molecule has 12 heteroatoms. The van der Waals surface area contributed by atoms with Gasteiger partial charge in [-0.3, -0.25) is 19.4 Å². The third-order valence-electron chi connectivity index (χ3n) is 6.79. The van der Waals surface area contributed by atoms with Crippen molar-refractivity contribution in [2.24, 2.45) is 0 Å². The Kier molecular flexibility index (Phi) is 10.5. The number of hydrogen-bond acceptors (Lipinski definition) is 11. The molecule has 212 valence electrons. The second-order valence-electron chi connectivity index (χ2n) is 9.26. The molecule has 39 heavy (non-hydrogen) atoms. The number of carbonyl (C=O) groups excluding carboxylic acids is 3. The van der Waals surface area contributed by atoms with Crippen LogP contribution in [0.4, 0.5) is 0 Å². The molecule has 12 nitrogen and oxygen atoms in total. The van der Waals surface area contributed by atoms with Gasteiger partial charge in [-0.1, -0.05) is 12.1 Å². The molecule has 1 fully saturated rings. The first-order valence-corrected chi connectivity index (χ1v) is 12.6. The summed E-state index contributed by atoms with van der Waals surface area (Å²) in [5, 5.41) is 45.2. The Hall–Kier alpha value is -3.87. The summed E-state index contributed by atoms with van der Waals surface area (Å²) in [5.74, 6) is -2.46. The monoisotopic (exact) mass is 545 g/mol. The van der Waals surface area contributed by atoms with E-state index in [4.69, 9.17) is 9.47 Å². The Bertz CT molecular complexity index is 1150. The van der Waals surface area contributed by atoms with Crippen molar-refractivity contribution in [2.45, 2.75) is 38.6 Å². The Balaban J connectivity index is 1.86. The number of rotatable bonds is 13. The smallest absolute Gasteiger partial charge is 0.237 e. The molecule has 0 saturated carbocycles. The van der Waals surface area contributed by atoms with Crippen molar-refractivity contribution in [1.82, 2.24) is 15.1 Å². The third-order valence-corrected chi connectivity index (χ3v) is 6.79. The van der Waals surface area contributed by atoms with Gasteiger partial charge in [0.2, 0.25) is 5.91 Å². The number of benzene rings is 2. The van der Waals surface area contributed by atoms with E-state index < -0.39 is 35.6 Å². The van der Waals surface area contributed by atoms with Crippen LogP contribution in [0.1, 0.15) is 39.9 Å². The number of nitrogens with zero attached hydrogens (tertiary/aromatic N) is 2. The zero-order valence-corrected chi connectivity index (χ0v) is 22.1. The second kappa shape index (κ2) is 13.8. The van der Waals surface area contributed by atoms with E-state index in [0.29, 0.717) is 43.7 Å². The van der Waals surface area contributed by atoms with E-state index in [2.05, 4.69) is 5.32 Å². The lowest BCUT2D eigenvalue weighted by atomic mass is 10.0. The van der Waals surface area contributed by atoms with Crippen LogP contribution in [0.15, 0.2) is 18.2 Å². The molecule has 5 N–H and O–H groups in total. The number of ether oxygens (including phenoxy) is 2. The maximum Gasteiger partial charge on any atom is 0.237 e. The van der Waals surface area contributed by atoms with Gasteiger partial charge >= 0.3 is 0 Å². The molecule has 1 atom stereocenters. The van der Waals surface area contributed by atoms with Gasteiger partial charge in [0, 0.05) is 50.8 Å². The first kappa shape index (κ1) is 29.7. The summed E-state index contributed by atoms with van der Waals surface area (Å²) in [6.45, 7) is 1.86. The number of phenolic OH excluding ortho intramolecular Hbond substituents is 4. The zero-order valence-electron chi connectivity index (χ0n) is 22.1. The van der Waals surface area contributed by atoms with Gasteiger partial charge < -0.3 is 40.0 Å². The van der Waals surface area contributed by atoms with E-state index in [9.17, 15) is 34.8 Å². The number of amides is 1. The maximum atomic E-state index is 12.4. The molecular formula is C27H35N3O9. The van der Waals surface area contributed by atoms with E-state index in [1.807, 2.05) is 4.90 Å². The zero-order chi connectivity index (χ0) is 28.5. The number of likely N-dealkylation sites (N-methyl/N-ethyl adjacent to an activating group) is 2. The van der Waals surface area contributed by atoms with Crippen LogP contribution < -0.4 is 10.1 Å². The Morgan fingerprint density at radius 3 is 2.31 bits per heavy atom. The lowest BCUT2D eigenvalue weighted by molar-refractivity contribution is -0.126. The van der Waals surface area contributed by atoms with Gasteiger partial charge in [0.25, 0.3) is 0 Å². The summed E-state index contributed by atoms with van der Waals surface area (Å²) in [6, 6.07) is 4.10. The molecule has 0 spiro atoms. The fraction of sp³-hybridized carbons (Fsp3) is 0.444. The van der Waals surface area contributed by atoms with Crippen LogP contribution in [0, 0.1) is 0 Å². The van der Waals surface area contributed by atoms with Gasteiger partial charge in [0.1, 0.15) is 18.6 Å². The molecule has 2 aromatic rings. The van der Waals surface area contributed by atoms with Crippen LogP contribution in [-0.4, -0.2) is 95.1 Å². The van der Waals surface area contributed by atoms with Crippen molar-refractivity contribution in [3.05, 3.63) is 40.5 Å². The Morgan fingerprint density at radius 1 is 1.08 bits per heavy atom. The summed E-state index contributed by atoms with van der Waals surface area (Å²) >= 11 is 0. The van der Waals surface area contributed by atoms with Gasteiger partial charge in [0.05, 0.1) is 30.4 Å². The summed E-state index contributed by atoms with van der Waals surface area (Å²) in [7, 11) is 3.17. The Labute approximate surface area is 226 Å². The number of hydrogen-bond donors (Lipinski definition) is 5. The summed E-state index contributed by atoms with van der Waals surface area (Å²) in [6.07, 6.45) is 1.82. The second-order valence-corrected chi connectivity index (χ2v) is 9.26. The van der Waals surface area contributed by atoms with E-state index in [0.717, 1.165) is 6.29 Å². The van der Waals surface area contributed by atoms with Crippen molar-refractivity contribution in [1.29, 1.82) is 0 Å². The first-order valence-electron chi connectivity index (χ1n) is 12.6. The molecule has 0 aliphatic carbocycles. The van der Waals surface area contributed by atoms with Gasteiger partial charge in [-0.05, 0) is 19.5 Å². The van der Waals surface area contributed by atoms with Crippen LogP contribution in [-0.2, 0) is 34.0 Å². The number of phenols is 4. The molecule has 2 aromatic carbocycles. The topological polar surface area (TPSA) is 169 Å². The van der Waals surface area contributed by atoms with Gasteiger partial charge in [0.15, 0.2) is 29.3 Å². The highest BCUT2D eigenvalue weighted by molar-refractivity contribution is 5.82. The van der Waals surface area contributed by atoms with Gasteiger partial charge in [-0.15, -0.1) is 0 Å². The van der Waals surface area contributed by atoms with Gasteiger partial charge in [-0.25, -0.2) is 0 Å². The number of morpholine rings is 1. The lowest BCUT2D eigenvalue weighted by Crippen LogP contribution is -2.43. The normalized spacial score (nSPS) is 14.6. The number of carbonyl (C=O) groups is 3. The lowest BCUT2D eigenvalue weighted by Gasteiger charge is -2.28. The average Bonchev–Trinajstić information content (AvgIpc) is 2.95. The number of nitrogens with one attached hydrogen (secondary N) is 1. The molecule has 1 saturated heterocycles. The predicted molar refractivity (Wildman–Crippen MR) is 140 cm³/mol. The summed E-state index contributed by atoms with van der Waals surface area (Å²) < 4.78 is 11.2. The fourth-order valence-corrected chi connectivity index (χ4v) is 4.52. The molecule has 0 radical (unpaired) electrons. The highest BCUT2D eigenvalue weighted by Gasteiger charge is 2.27. The van der Waals surface area contributed by atoms with Crippen molar-refractivity contribution < 1.29 is 44.3 Å². The first-order chi connectivity index (χ1) is 18.7. The number of aromatic hydroxyl groups is 4. The summed E-state index contributed by atoms with van der Waals surface area (Å²) in [4.78, 5) is 38.7. The van der Waals surface area contributed by atoms with Crippen molar-refractivity contribution in [2.75, 3.05) is 40.4 Å². The predicted octanol–water partition coefficient (Wildman–Crippen LogP) is 1.26. The van der Waals surface area contributed by atoms with Crippen molar-refractivity contribution >= 4 is 18.5 Å². The van der Waals surface area contributed by atoms with Crippen molar-refractivity contribution in [3.63, 3.8) is 0 Å². The van der Waals surface area contributed by atoms with E-state index >= 15 is 0 Å². The molecule has 0 bridgehead atoms. The SMILES string of the molecule is CNC(=O)C(CCC=O)N(C)Cc1c(C=O)cccc1OCc1c(O)c(O)c(CN2CCOCC2)c(O)c1O. The standard InChI is InChI=1S/C27H35N3O9/c1-28-27(37)21(6-4-10-31)29(2)13-18-17(15-32)5-3-7-22(18)39-16-20-25(35)23(33)19(24(34)26(20)36)14-30-8-11-38-12-9-30/h3,5,7,10,15,21,33-36H,4,6,8-9,11-14,16H2,1-2H3,(H,28,37). The molecule has 1 aliphatic rings. The average molecular weight is 546 g/mol. The fourth-order valence-electron chi connectivity index (χ4n) is 4.52. The Morgan fingerprint density at radius 2 is 1.72 bits per heavy atom. The van der Waals surface area contributed by atoms with Crippen LogP contribution in [0.3, 0.4) is 0 Å². The highest BCUT2D eigenvalue weighted by atomic mass is 16.5. The summed E-state index contributed by atoms with van der Waals surface area (Å²) in [5.41, 5.74) is 0.481. The molecule has 1 amide bonds. The minimum Gasteiger partial charge on any atom is -0.504 e. The highest BCUT2D eigenvalue weighted by Crippen LogP contribution is 2.47. The van der Waals surface area contributed by atoms with Crippen LogP contribution in [0.2, 0.25) is 0 Å². The molecular weight excluding hydrogens is 510 g/mol. The van der Waals surface area contributed by atoms with Crippen LogP contribution >= 0.6 is 0 Å². The maximum absolute atomic E-state index is 12.4. The minimum absolute atomic E-state index is 0.0171. The molecule has 3 rings (SSSR count). The molecule has 1 aliphatic heterocycles. The molecule has 1 unspecified atom stereocenters. The van der Waals surface area contributed by atoms with Crippen molar-refractivity contribution in [3.8, 4) is 28.7 Å². The van der Waals surface area contributed by atoms with E-state index in [-0.39, 0.29) is 48.7 Å². The largest absolute Gasteiger partial charge is 0.504 e. The quantitative estimate of drug-likeness (QED) is 0.140. The van der Waals surface area contributed by atoms with Crippen LogP contribution in [0.5, 0.6) is 28.7 Å². The molecule has 0 aromatic heterocycles. The van der Waals surface area contributed by atoms with Crippen LogP contribution in [0.25, 0.3) is 0 Å². The van der Waals surface area contributed by atoms with E-state index in [1.165, 1.54) is 7.05 Å². The van der Waals surface area contributed by atoms with Gasteiger partial charge in [-0.2, -0.15) is 0 Å².